The molecule has 116 valence electrons. The first-order valence-electron chi connectivity index (χ1n) is 6.97. The summed E-state index contributed by atoms with van der Waals surface area (Å²) in [5.74, 6) is 1.59. The molecule has 1 aromatic rings. The zero-order chi connectivity index (χ0) is 14.3. The van der Waals surface area contributed by atoms with Gasteiger partial charge in [0.15, 0.2) is 5.96 Å². The summed E-state index contributed by atoms with van der Waals surface area (Å²) in [6, 6.07) is 2.43. The van der Waals surface area contributed by atoms with Gasteiger partial charge in [0.05, 0.1) is 12.2 Å². The van der Waals surface area contributed by atoms with E-state index in [-0.39, 0.29) is 24.0 Å². The van der Waals surface area contributed by atoms with Crippen molar-refractivity contribution in [3.05, 3.63) is 18.0 Å². The van der Waals surface area contributed by atoms with Gasteiger partial charge in [-0.1, -0.05) is 13.8 Å². The third kappa shape index (κ3) is 7.12. The van der Waals surface area contributed by atoms with E-state index < -0.39 is 0 Å². The topological polar surface area (TPSA) is 54.2 Å². The van der Waals surface area contributed by atoms with E-state index in [1.54, 1.807) is 13.2 Å². The van der Waals surface area contributed by atoms with Crippen LogP contribution in [0.4, 0.5) is 0 Å². The SMILES string of the molecule is CN=C(NCc1ccnn1C)NC(C)CCC(C)C.I. The second-order valence-electron chi connectivity index (χ2n) is 5.39. The van der Waals surface area contributed by atoms with Crippen LogP contribution in [0.1, 0.15) is 39.3 Å². The molecule has 0 spiro atoms. The summed E-state index contributed by atoms with van der Waals surface area (Å²) in [7, 11) is 3.74. The fourth-order valence-electron chi connectivity index (χ4n) is 1.83. The zero-order valence-corrected chi connectivity index (χ0v) is 15.5. The molecule has 0 aliphatic carbocycles. The Kier molecular flexibility index (Phi) is 9.62. The van der Waals surface area contributed by atoms with E-state index in [1.807, 2.05) is 17.8 Å². The number of hydrogen-bond donors (Lipinski definition) is 2. The van der Waals surface area contributed by atoms with Crippen LogP contribution in [0.15, 0.2) is 17.3 Å². The Hall–Kier alpha value is -0.790. The Morgan fingerprint density at radius 3 is 2.55 bits per heavy atom. The number of aliphatic imine (C=N–C) groups is 1. The van der Waals surface area contributed by atoms with Crippen molar-refractivity contribution < 1.29 is 0 Å². The van der Waals surface area contributed by atoms with Gasteiger partial charge < -0.3 is 10.6 Å². The van der Waals surface area contributed by atoms with E-state index in [1.165, 1.54) is 6.42 Å². The molecule has 0 saturated heterocycles. The molecule has 1 unspecified atom stereocenters. The lowest BCUT2D eigenvalue weighted by Crippen LogP contribution is -2.42. The van der Waals surface area contributed by atoms with Gasteiger partial charge in [-0.3, -0.25) is 9.67 Å². The minimum atomic E-state index is 0. The molecule has 0 bridgehead atoms. The Labute approximate surface area is 139 Å². The Morgan fingerprint density at radius 2 is 2.05 bits per heavy atom. The van der Waals surface area contributed by atoms with Gasteiger partial charge in [0.1, 0.15) is 0 Å². The number of rotatable bonds is 6. The van der Waals surface area contributed by atoms with E-state index in [9.17, 15) is 0 Å². The number of aromatic nitrogens is 2. The van der Waals surface area contributed by atoms with Crippen molar-refractivity contribution in [1.29, 1.82) is 0 Å². The molecule has 1 aromatic heterocycles. The lowest BCUT2D eigenvalue weighted by Gasteiger charge is -2.18. The summed E-state index contributed by atoms with van der Waals surface area (Å²) in [5, 5.41) is 10.9. The summed E-state index contributed by atoms with van der Waals surface area (Å²) < 4.78 is 1.86. The van der Waals surface area contributed by atoms with Gasteiger partial charge in [0, 0.05) is 26.3 Å². The molecule has 1 atom stereocenters. The zero-order valence-electron chi connectivity index (χ0n) is 13.2. The standard InChI is InChI=1S/C14H27N5.HI/c1-11(2)6-7-12(3)18-14(15-4)16-10-13-8-9-17-19(13)5;/h8-9,11-12H,6-7,10H2,1-5H3,(H2,15,16,18);1H. The molecular weight excluding hydrogens is 365 g/mol. The number of hydrogen-bond acceptors (Lipinski definition) is 2. The number of halogens is 1. The fourth-order valence-corrected chi connectivity index (χ4v) is 1.83. The smallest absolute Gasteiger partial charge is 0.191 e. The maximum Gasteiger partial charge on any atom is 0.191 e. The predicted octanol–water partition coefficient (Wildman–Crippen LogP) is 2.53. The van der Waals surface area contributed by atoms with Gasteiger partial charge in [0.2, 0.25) is 0 Å². The van der Waals surface area contributed by atoms with Crippen molar-refractivity contribution in [2.45, 2.75) is 46.2 Å². The van der Waals surface area contributed by atoms with Crippen LogP contribution >= 0.6 is 24.0 Å². The summed E-state index contributed by atoms with van der Waals surface area (Å²) in [6.45, 7) is 7.43. The highest BCUT2D eigenvalue weighted by molar-refractivity contribution is 14.0. The molecule has 0 aliphatic rings. The monoisotopic (exact) mass is 393 g/mol. The second-order valence-corrected chi connectivity index (χ2v) is 5.39. The molecule has 0 saturated carbocycles. The number of nitrogens with zero attached hydrogens (tertiary/aromatic N) is 3. The predicted molar refractivity (Wildman–Crippen MR) is 95.5 cm³/mol. The molecule has 0 aromatic carbocycles. The van der Waals surface area contributed by atoms with Crippen LogP contribution in [0.5, 0.6) is 0 Å². The van der Waals surface area contributed by atoms with Gasteiger partial charge in [-0.25, -0.2) is 0 Å². The van der Waals surface area contributed by atoms with Crippen molar-refractivity contribution in [2.75, 3.05) is 7.05 Å². The van der Waals surface area contributed by atoms with Gasteiger partial charge in [-0.2, -0.15) is 5.10 Å². The van der Waals surface area contributed by atoms with Crippen LogP contribution in [-0.4, -0.2) is 28.8 Å². The minimum Gasteiger partial charge on any atom is -0.354 e. The van der Waals surface area contributed by atoms with Gasteiger partial charge in [-0.05, 0) is 31.7 Å². The van der Waals surface area contributed by atoms with Crippen molar-refractivity contribution in [3.8, 4) is 0 Å². The van der Waals surface area contributed by atoms with Crippen molar-refractivity contribution in [2.24, 2.45) is 18.0 Å². The first-order valence-corrected chi connectivity index (χ1v) is 6.97. The van der Waals surface area contributed by atoms with E-state index in [4.69, 9.17) is 0 Å². The lowest BCUT2D eigenvalue weighted by molar-refractivity contribution is 0.488. The average molecular weight is 393 g/mol. The molecule has 0 fully saturated rings. The molecule has 0 radical (unpaired) electrons. The van der Waals surface area contributed by atoms with Crippen LogP contribution < -0.4 is 10.6 Å². The lowest BCUT2D eigenvalue weighted by atomic mass is 10.0. The van der Waals surface area contributed by atoms with Crippen LogP contribution in [-0.2, 0) is 13.6 Å². The van der Waals surface area contributed by atoms with Crippen LogP contribution in [0, 0.1) is 5.92 Å². The first-order chi connectivity index (χ1) is 9.02. The molecule has 5 nitrogen and oxygen atoms in total. The maximum atomic E-state index is 4.25. The van der Waals surface area contributed by atoms with Crippen LogP contribution in [0.25, 0.3) is 0 Å². The highest BCUT2D eigenvalue weighted by atomic mass is 127. The van der Waals surface area contributed by atoms with E-state index >= 15 is 0 Å². The Morgan fingerprint density at radius 1 is 1.35 bits per heavy atom. The summed E-state index contributed by atoms with van der Waals surface area (Å²) in [6.07, 6.45) is 4.19. The number of aryl methyl sites for hydroxylation is 1. The van der Waals surface area contributed by atoms with Gasteiger partial charge in [-0.15, -0.1) is 24.0 Å². The van der Waals surface area contributed by atoms with Crippen molar-refractivity contribution in [1.82, 2.24) is 20.4 Å². The average Bonchev–Trinajstić information content (AvgIpc) is 2.77. The molecule has 20 heavy (non-hydrogen) atoms. The van der Waals surface area contributed by atoms with Crippen molar-refractivity contribution in [3.63, 3.8) is 0 Å². The van der Waals surface area contributed by atoms with Crippen LogP contribution in [0.2, 0.25) is 0 Å². The number of guanidine groups is 1. The molecule has 0 aliphatic heterocycles. The third-order valence-corrected chi connectivity index (χ3v) is 3.14. The molecule has 1 rings (SSSR count). The second kappa shape index (κ2) is 10.0. The largest absolute Gasteiger partial charge is 0.354 e. The first kappa shape index (κ1) is 19.2. The molecular formula is C14H28IN5. The molecule has 6 heteroatoms. The van der Waals surface area contributed by atoms with Gasteiger partial charge >= 0.3 is 0 Å². The maximum absolute atomic E-state index is 4.25. The number of nitrogens with one attached hydrogen (secondary N) is 2. The van der Waals surface area contributed by atoms with E-state index in [0.717, 1.165) is 30.5 Å². The molecule has 2 N–H and O–H groups in total. The highest BCUT2D eigenvalue weighted by Gasteiger charge is 2.07. The van der Waals surface area contributed by atoms with E-state index in [2.05, 4.69) is 41.5 Å². The molecule has 0 amide bonds. The van der Waals surface area contributed by atoms with Gasteiger partial charge in [0.25, 0.3) is 0 Å². The highest BCUT2D eigenvalue weighted by Crippen LogP contribution is 2.06. The molecule has 1 heterocycles. The Balaban J connectivity index is 0.00000361. The third-order valence-electron chi connectivity index (χ3n) is 3.14. The Bertz CT molecular complexity index is 400. The van der Waals surface area contributed by atoms with E-state index in [0.29, 0.717) is 6.04 Å². The summed E-state index contributed by atoms with van der Waals surface area (Å²) in [4.78, 5) is 4.25. The normalized spacial score (nSPS) is 13.0. The van der Waals surface area contributed by atoms with Crippen molar-refractivity contribution >= 4 is 29.9 Å². The quantitative estimate of drug-likeness (QED) is 0.444. The summed E-state index contributed by atoms with van der Waals surface area (Å²) in [5.41, 5.74) is 1.14. The van der Waals surface area contributed by atoms with Crippen LogP contribution in [0.3, 0.4) is 0 Å². The minimum absolute atomic E-state index is 0. The summed E-state index contributed by atoms with van der Waals surface area (Å²) >= 11 is 0. The fraction of sp³-hybridized carbons (Fsp3) is 0.714.